The Bertz CT molecular complexity index is 502. The van der Waals surface area contributed by atoms with Gasteiger partial charge in [-0.3, -0.25) is 0 Å². The van der Waals surface area contributed by atoms with Crippen molar-refractivity contribution in [2.45, 2.75) is 39.2 Å². The summed E-state index contributed by atoms with van der Waals surface area (Å²) in [6.07, 6.45) is 4.08. The first-order chi connectivity index (χ1) is 9.11. The fourth-order valence-corrected chi connectivity index (χ4v) is 4.48. The number of benzene rings is 1. The van der Waals surface area contributed by atoms with Crippen LogP contribution in [0, 0.1) is 11.8 Å². The molecule has 0 amide bonds. The number of hydrogen-bond donors (Lipinski definition) is 0. The van der Waals surface area contributed by atoms with Crippen molar-refractivity contribution in [3.05, 3.63) is 35.9 Å². The van der Waals surface area contributed by atoms with E-state index in [1.165, 1.54) is 12.8 Å². The van der Waals surface area contributed by atoms with Crippen LogP contribution in [-0.2, 0) is 9.47 Å². The van der Waals surface area contributed by atoms with Gasteiger partial charge in [0.15, 0.2) is 7.22 Å². The number of halogens is 2. The standard InChI is InChI=1S/C15H14I2O2/c16-14-10-4-5-11-15(14,17)19-13(18-14)9-8-12-6-2-1-3-7-12/h1-3,6-7,13H,4-5,10-11H2. The highest BCUT2D eigenvalue weighted by atomic mass is 127. The van der Waals surface area contributed by atoms with Crippen LogP contribution in [0.1, 0.15) is 31.2 Å². The second-order valence-electron chi connectivity index (χ2n) is 4.87. The lowest BCUT2D eigenvalue weighted by Gasteiger charge is -2.37. The van der Waals surface area contributed by atoms with Crippen LogP contribution in [-0.4, -0.2) is 13.5 Å². The van der Waals surface area contributed by atoms with E-state index in [0.717, 1.165) is 18.4 Å². The molecule has 4 heteroatoms. The molecule has 2 nitrogen and oxygen atoms in total. The molecule has 100 valence electrons. The van der Waals surface area contributed by atoms with Gasteiger partial charge in [0, 0.05) is 5.56 Å². The molecule has 19 heavy (non-hydrogen) atoms. The fourth-order valence-electron chi connectivity index (χ4n) is 2.46. The second kappa shape index (κ2) is 5.51. The highest BCUT2D eigenvalue weighted by molar-refractivity contribution is 14.1. The molecule has 0 spiro atoms. The number of rotatable bonds is 0. The van der Waals surface area contributed by atoms with Crippen molar-refractivity contribution in [2.75, 3.05) is 0 Å². The highest BCUT2D eigenvalue weighted by Crippen LogP contribution is 2.56. The predicted octanol–water partition coefficient (Wildman–Crippen LogP) is 4.25. The maximum absolute atomic E-state index is 6.06. The molecule has 0 radical (unpaired) electrons. The summed E-state index contributed by atoms with van der Waals surface area (Å²) in [5, 5.41) is 0. The minimum absolute atomic E-state index is 0.223. The minimum Gasteiger partial charge on any atom is -0.321 e. The summed E-state index contributed by atoms with van der Waals surface area (Å²) in [5.41, 5.74) is 0.995. The maximum atomic E-state index is 6.06. The van der Waals surface area contributed by atoms with Crippen LogP contribution in [0.3, 0.4) is 0 Å². The van der Waals surface area contributed by atoms with Crippen molar-refractivity contribution in [1.82, 2.24) is 0 Å². The van der Waals surface area contributed by atoms with Gasteiger partial charge < -0.3 is 9.47 Å². The molecule has 2 fully saturated rings. The third-order valence-electron chi connectivity index (χ3n) is 3.50. The molecule has 1 aromatic rings. The minimum atomic E-state index is -0.410. The lowest BCUT2D eigenvalue weighted by Crippen LogP contribution is -2.44. The first kappa shape index (κ1) is 14.1. The van der Waals surface area contributed by atoms with Crippen molar-refractivity contribution in [2.24, 2.45) is 0 Å². The van der Waals surface area contributed by atoms with Crippen LogP contribution < -0.4 is 0 Å². The van der Waals surface area contributed by atoms with E-state index in [1.807, 2.05) is 30.3 Å². The Balaban J connectivity index is 1.77. The van der Waals surface area contributed by atoms with E-state index in [9.17, 15) is 0 Å². The van der Waals surface area contributed by atoms with E-state index in [-0.39, 0.29) is 7.22 Å². The lowest BCUT2D eigenvalue weighted by atomic mass is 9.95. The van der Waals surface area contributed by atoms with Gasteiger partial charge >= 0.3 is 0 Å². The van der Waals surface area contributed by atoms with Gasteiger partial charge in [-0.2, -0.15) is 0 Å². The molecular weight excluding hydrogens is 466 g/mol. The van der Waals surface area contributed by atoms with Crippen LogP contribution in [0.4, 0.5) is 0 Å². The molecule has 1 aliphatic heterocycles. The van der Waals surface area contributed by atoms with Gasteiger partial charge in [0.1, 0.15) is 0 Å². The quantitative estimate of drug-likeness (QED) is 0.314. The summed E-state index contributed by atoms with van der Waals surface area (Å²) in [6, 6.07) is 9.95. The van der Waals surface area contributed by atoms with E-state index >= 15 is 0 Å². The van der Waals surface area contributed by atoms with Crippen molar-refractivity contribution in [3.8, 4) is 11.8 Å². The SMILES string of the molecule is IC12CCCCC1(I)OC(C#Cc1ccccc1)O2. The third kappa shape index (κ3) is 2.80. The van der Waals surface area contributed by atoms with E-state index < -0.39 is 6.29 Å². The monoisotopic (exact) mass is 480 g/mol. The molecule has 1 aromatic carbocycles. The van der Waals surface area contributed by atoms with Crippen LogP contribution in [0.2, 0.25) is 0 Å². The van der Waals surface area contributed by atoms with Gasteiger partial charge in [-0.25, -0.2) is 0 Å². The predicted molar refractivity (Wildman–Crippen MR) is 91.2 cm³/mol. The van der Waals surface area contributed by atoms with Crippen molar-refractivity contribution >= 4 is 45.2 Å². The third-order valence-corrected chi connectivity index (χ3v) is 7.86. The Morgan fingerprint density at radius 1 is 1.00 bits per heavy atom. The molecule has 0 bridgehead atoms. The molecule has 2 atom stereocenters. The Hall–Kier alpha value is 0.160. The summed E-state index contributed by atoms with van der Waals surface area (Å²) < 4.78 is 11.7. The van der Waals surface area contributed by atoms with E-state index in [4.69, 9.17) is 9.47 Å². The largest absolute Gasteiger partial charge is 0.321 e. The first-order valence-electron chi connectivity index (χ1n) is 6.41. The van der Waals surface area contributed by atoms with Crippen molar-refractivity contribution < 1.29 is 9.47 Å². The zero-order chi connectivity index (χ0) is 13.3. The zero-order valence-electron chi connectivity index (χ0n) is 10.4. The summed E-state index contributed by atoms with van der Waals surface area (Å²) in [4.78, 5) is 0. The van der Waals surface area contributed by atoms with Crippen LogP contribution in [0.5, 0.6) is 0 Å². The smallest absolute Gasteiger partial charge is 0.225 e. The molecule has 1 aliphatic carbocycles. The van der Waals surface area contributed by atoms with E-state index in [1.54, 1.807) is 0 Å². The average Bonchev–Trinajstić information content (AvgIpc) is 2.69. The topological polar surface area (TPSA) is 18.5 Å². The summed E-state index contributed by atoms with van der Waals surface area (Å²) in [5.74, 6) is 6.22. The summed E-state index contributed by atoms with van der Waals surface area (Å²) >= 11 is 4.81. The number of alkyl halides is 2. The molecule has 1 saturated carbocycles. The van der Waals surface area contributed by atoms with Gasteiger partial charge in [-0.05, 0) is 88.9 Å². The molecule has 3 rings (SSSR count). The molecule has 2 unspecified atom stereocenters. The lowest BCUT2D eigenvalue weighted by molar-refractivity contribution is -0.0244. The van der Waals surface area contributed by atoms with Crippen molar-refractivity contribution in [3.63, 3.8) is 0 Å². The molecule has 1 saturated heterocycles. The fraction of sp³-hybridized carbons (Fsp3) is 0.467. The van der Waals surface area contributed by atoms with Gasteiger partial charge in [-0.15, -0.1) is 0 Å². The Morgan fingerprint density at radius 3 is 2.16 bits per heavy atom. The summed E-state index contributed by atoms with van der Waals surface area (Å²) in [6.45, 7) is 0. The average molecular weight is 480 g/mol. The number of fused-ring (bicyclic) bond motifs is 1. The highest BCUT2D eigenvalue weighted by Gasteiger charge is 2.59. The van der Waals surface area contributed by atoms with Crippen LogP contribution in [0.15, 0.2) is 30.3 Å². The second-order valence-corrected chi connectivity index (χ2v) is 8.35. The molecular formula is C15H14I2O2. The molecule has 1 heterocycles. The first-order valence-corrected chi connectivity index (χ1v) is 8.57. The molecule has 0 N–H and O–H groups in total. The van der Waals surface area contributed by atoms with E-state index in [2.05, 4.69) is 57.0 Å². The zero-order valence-corrected chi connectivity index (χ0v) is 14.7. The van der Waals surface area contributed by atoms with E-state index in [0.29, 0.717) is 0 Å². The van der Waals surface area contributed by atoms with Gasteiger partial charge in [0.2, 0.25) is 6.29 Å². The van der Waals surface area contributed by atoms with Crippen molar-refractivity contribution in [1.29, 1.82) is 0 Å². The molecule has 2 aliphatic rings. The normalized spacial score (nSPS) is 37.3. The maximum Gasteiger partial charge on any atom is 0.225 e. The van der Waals surface area contributed by atoms with Crippen LogP contribution in [0.25, 0.3) is 0 Å². The Kier molecular flexibility index (Phi) is 4.09. The summed E-state index contributed by atoms with van der Waals surface area (Å²) in [7, 11) is 0. The Morgan fingerprint density at radius 2 is 1.58 bits per heavy atom. The number of ether oxygens (including phenoxy) is 2. The van der Waals surface area contributed by atoms with Gasteiger partial charge in [-0.1, -0.05) is 24.1 Å². The molecule has 0 aromatic heterocycles. The van der Waals surface area contributed by atoms with Gasteiger partial charge in [0.25, 0.3) is 0 Å². The Labute approximate surface area is 140 Å². The van der Waals surface area contributed by atoms with Crippen LogP contribution >= 0.6 is 45.2 Å². The number of hydrogen-bond acceptors (Lipinski definition) is 2. The van der Waals surface area contributed by atoms with Gasteiger partial charge in [0.05, 0.1) is 0 Å².